The summed E-state index contributed by atoms with van der Waals surface area (Å²) in [6, 6.07) is 6.17. The van der Waals surface area contributed by atoms with Gasteiger partial charge in [-0.05, 0) is 34.1 Å². The Balaban J connectivity index is 2.06. The molecule has 0 radical (unpaired) electrons. The number of anilines is 1. The van der Waals surface area contributed by atoms with E-state index in [-0.39, 0.29) is 12.3 Å². The van der Waals surface area contributed by atoms with Crippen molar-refractivity contribution in [1.82, 2.24) is 4.98 Å². The standard InChI is InChI=1S/C16H12BrFN2O3S/c1-23-7-9-13-10(18)3-2-4-12(13)24-14(9)16(22)20-11-5-8(17)6-19-15(11)21/h2-6H,7H2,1H3,(H,19,21)(H,20,22). The van der Waals surface area contributed by atoms with E-state index in [1.807, 2.05) is 0 Å². The Morgan fingerprint density at radius 1 is 1.46 bits per heavy atom. The Morgan fingerprint density at radius 2 is 2.25 bits per heavy atom. The van der Waals surface area contributed by atoms with E-state index in [0.717, 1.165) is 11.3 Å². The third kappa shape index (κ3) is 3.12. The molecule has 124 valence electrons. The third-order valence-electron chi connectivity index (χ3n) is 3.37. The lowest BCUT2D eigenvalue weighted by atomic mass is 10.1. The summed E-state index contributed by atoms with van der Waals surface area (Å²) >= 11 is 4.39. The van der Waals surface area contributed by atoms with Crippen LogP contribution in [0.25, 0.3) is 10.1 Å². The lowest BCUT2D eigenvalue weighted by molar-refractivity contribution is 0.102. The fraction of sp³-hybridized carbons (Fsp3) is 0.125. The van der Waals surface area contributed by atoms with Gasteiger partial charge in [-0.25, -0.2) is 4.39 Å². The minimum Gasteiger partial charge on any atom is -0.380 e. The summed E-state index contributed by atoms with van der Waals surface area (Å²) in [5.74, 6) is -0.888. The van der Waals surface area contributed by atoms with E-state index in [2.05, 4.69) is 26.2 Å². The van der Waals surface area contributed by atoms with Crippen molar-refractivity contribution in [2.45, 2.75) is 6.61 Å². The molecule has 5 nitrogen and oxygen atoms in total. The van der Waals surface area contributed by atoms with Crippen LogP contribution in [0.4, 0.5) is 10.1 Å². The second-order valence-corrected chi connectivity index (χ2v) is 6.94. The van der Waals surface area contributed by atoms with Crippen LogP contribution in [0, 0.1) is 5.82 Å². The molecule has 1 aromatic carbocycles. The molecule has 8 heteroatoms. The molecule has 3 rings (SSSR count). The van der Waals surface area contributed by atoms with Crippen LogP contribution >= 0.6 is 27.3 Å². The van der Waals surface area contributed by atoms with Crippen LogP contribution in [0.5, 0.6) is 0 Å². The number of benzene rings is 1. The Morgan fingerprint density at radius 3 is 3.00 bits per heavy atom. The number of halogens is 2. The van der Waals surface area contributed by atoms with E-state index in [1.54, 1.807) is 12.1 Å². The van der Waals surface area contributed by atoms with Crippen molar-refractivity contribution >= 4 is 48.9 Å². The van der Waals surface area contributed by atoms with E-state index in [4.69, 9.17) is 4.74 Å². The number of carbonyl (C=O) groups is 1. The van der Waals surface area contributed by atoms with Crippen LogP contribution < -0.4 is 10.9 Å². The van der Waals surface area contributed by atoms with Crippen molar-refractivity contribution in [3.8, 4) is 0 Å². The fourth-order valence-electron chi connectivity index (χ4n) is 2.36. The number of rotatable bonds is 4. The van der Waals surface area contributed by atoms with E-state index in [1.165, 1.54) is 25.4 Å². The number of H-pyrrole nitrogens is 1. The minimum absolute atomic E-state index is 0.0958. The number of amides is 1. The van der Waals surface area contributed by atoms with Crippen LogP contribution in [-0.2, 0) is 11.3 Å². The molecule has 1 amide bonds. The molecule has 0 aliphatic carbocycles. The van der Waals surface area contributed by atoms with Gasteiger partial charge in [0.15, 0.2) is 0 Å². The maximum Gasteiger partial charge on any atom is 0.271 e. The van der Waals surface area contributed by atoms with Gasteiger partial charge in [0.25, 0.3) is 11.5 Å². The molecular weight excluding hydrogens is 399 g/mol. The van der Waals surface area contributed by atoms with Crippen LogP contribution in [0.3, 0.4) is 0 Å². The summed E-state index contributed by atoms with van der Waals surface area (Å²) in [7, 11) is 1.48. The number of hydrogen-bond acceptors (Lipinski definition) is 4. The maximum absolute atomic E-state index is 14.1. The van der Waals surface area contributed by atoms with Gasteiger partial charge in [-0.1, -0.05) is 6.07 Å². The van der Waals surface area contributed by atoms with Crippen molar-refractivity contribution in [3.63, 3.8) is 0 Å². The molecule has 0 spiro atoms. The highest BCUT2D eigenvalue weighted by Gasteiger charge is 2.21. The Kier molecular flexibility index (Phi) is 4.79. The Labute approximate surface area is 148 Å². The number of aromatic nitrogens is 1. The molecule has 3 aromatic rings. The van der Waals surface area contributed by atoms with Crippen molar-refractivity contribution in [1.29, 1.82) is 0 Å². The highest BCUT2D eigenvalue weighted by molar-refractivity contribution is 9.10. The number of carbonyl (C=O) groups excluding carboxylic acids is 1. The zero-order chi connectivity index (χ0) is 17.3. The van der Waals surface area contributed by atoms with E-state index in [9.17, 15) is 14.0 Å². The normalized spacial score (nSPS) is 11.0. The molecule has 2 heterocycles. The SMILES string of the molecule is COCc1c(C(=O)Nc2cc(Br)c[nH]c2=O)sc2cccc(F)c12. The molecule has 2 aromatic heterocycles. The predicted octanol–water partition coefficient (Wildman–Crippen LogP) is 3.89. The smallest absolute Gasteiger partial charge is 0.271 e. The number of nitrogens with one attached hydrogen (secondary N) is 2. The topological polar surface area (TPSA) is 71.2 Å². The molecule has 2 N–H and O–H groups in total. The summed E-state index contributed by atoms with van der Waals surface area (Å²) in [5.41, 5.74) is 0.155. The van der Waals surface area contributed by atoms with Gasteiger partial charge >= 0.3 is 0 Å². The quantitative estimate of drug-likeness (QED) is 0.685. The second kappa shape index (κ2) is 6.84. The molecule has 0 saturated carbocycles. The van der Waals surface area contributed by atoms with E-state index in [0.29, 0.717) is 25.0 Å². The predicted molar refractivity (Wildman–Crippen MR) is 95.2 cm³/mol. The number of pyridine rings is 1. The number of ether oxygens (including phenoxy) is 1. The molecule has 0 fully saturated rings. The summed E-state index contributed by atoms with van der Waals surface area (Å²) < 4.78 is 20.5. The molecule has 24 heavy (non-hydrogen) atoms. The van der Waals surface area contributed by atoms with Gasteiger partial charge in [-0.15, -0.1) is 11.3 Å². The van der Waals surface area contributed by atoms with Crippen LogP contribution in [0.2, 0.25) is 0 Å². The summed E-state index contributed by atoms with van der Waals surface area (Å²) in [5, 5.41) is 2.94. The first-order valence-corrected chi connectivity index (χ1v) is 8.50. The summed E-state index contributed by atoms with van der Waals surface area (Å²) in [4.78, 5) is 27.2. The van der Waals surface area contributed by atoms with Crippen molar-refractivity contribution < 1.29 is 13.9 Å². The first-order valence-electron chi connectivity index (χ1n) is 6.89. The zero-order valence-corrected chi connectivity index (χ0v) is 14.9. The van der Waals surface area contributed by atoms with Gasteiger partial charge in [-0.3, -0.25) is 9.59 Å². The average molecular weight is 411 g/mol. The molecular formula is C16H12BrFN2O3S. The molecule has 0 saturated heterocycles. The number of aromatic amines is 1. The highest BCUT2D eigenvalue weighted by Crippen LogP contribution is 2.34. The maximum atomic E-state index is 14.1. The highest BCUT2D eigenvalue weighted by atomic mass is 79.9. The molecule has 0 aliphatic heterocycles. The first-order chi connectivity index (χ1) is 11.5. The lowest BCUT2D eigenvalue weighted by Crippen LogP contribution is -2.19. The Bertz CT molecular complexity index is 983. The van der Waals surface area contributed by atoms with Gasteiger partial charge in [0.2, 0.25) is 0 Å². The van der Waals surface area contributed by atoms with Gasteiger partial charge in [0, 0.05) is 33.4 Å². The second-order valence-electron chi connectivity index (χ2n) is 4.97. The zero-order valence-electron chi connectivity index (χ0n) is 12.5. The fourth-order valence-corrected chi connectivity index (χ4v) is 3.82. The van der Waals surface area contributed by atoms with Crippen molar-refractivity contribution in [3.05, 3.63) is 61.5 Å². The van der Waals surface area contributed by atoms with Crippen molar-refractivity contribution in [2.24, 2.45) is 0 Å². The number of methoxy groups -OCH3 is 1. The van der Waals surface area contributed by atoms with Gasteiger partial charge in [0.05, 0.1) is 11.5 Å². The molecule has 0 bridgehead atoms. The lowest BCUT2D eigenvalue weighted by Gasteiger charge is -2.06. The monoisotopic (exact) mass is 410 g/mol. The van der Waals surface area contributed by atoms with Gasteiger partial charge in [0.1, 0.15) is 11.5 Å². The first kappa shape index (κ1) is 16.8. The summed E-state index contributed by atoms with van der Waals surface area (Å²) in [6.07, 6.45) is 1.48. The van der Waals surface area contributed by atoms with Crippen LogP contribution in [-0.4, -0.2) is 18.0 Å². The molecule has 0 aliphatic rings. The van der Waals surface area contributed by atoms with Gasteiger partial charge in [-0.2, -0.15) is 0 Å². The number of thiophene rings is 1. The van der Waals surface area contributed by atoms with Crippen molar-refractivity contribution in [2.75, 3.05) is 12.4 Å². The third-order valence-corrected chi connectivity index (χ3v) is 5.03. The largest absolute Gasteiger partial charge is 0.380 e. The summed E-state index contributed by atoms with van der Waals surface area (Å²) in [6.45, 7) is 0.0958. The van der Waals surface area contributed by atoms with Gasteiger partial charge < -0.3 is 15.0 Å². The minimum atomic E-state index is -0.480. The Hall–Kier alpha value is -2.03. The van der Waals surface area contributed by atoms with Crippen LogP contribution in [0.15, 0.2) is 39.7 Å². The van der Waals surface area contributed by atoms with E-state index < -0.39 is 17.3 Å². The molecule has 0 unspecified atom stereocenters. The average Bonchev–Trinajstić information content (AvgIpc) is 2.91. The number of fused-ring (bicyclic) bond motifs is 1. The molecule has 0 atom stereocenters. The van der Waals surface area contributed by atoms with Crippen LogP contribution in [0.1, 0.15) is 15.2 Å². The van der Waals surface area contributed by atoms with E-state index >= 15 is 0 Å². The number of hydrogen-bond donors (Lipinski definition) is 2.